The van der Waals surface area contributed by atoms with Crippen molar-refractivity contribution in [3.8, 4) is 17.2 Å². The smallest absolute Gasteiger partial charge is 0.223 e. The quantitative estimate of drug-likeness (QED) is 0.676. The lowest BCUT2D eigenvalue weighted by Gasteiger charge is -2.16. The van der Waals surface area contributed by atoms with Crippen LogP contribution in [0.3, 0.4) is 0 Å². The molecule has 0 atom stereocenters. The van der Waals surface area contributed by atoms with Crippen LogP contribution in [0.5, 0.6) is 17.2 Å². The Balaban J connectivity index is 2.12. The second-order valence-corrected chi connectivity index (χ2v) is 5.77. The van der Waals surface area contributed by atoms with Gasteiger partial charge in [-0.3, -0.25) is 0 Å². The fraction of sp³-hybridized carbons (Fsp3) is 0.267. The van der Waals surface area contributed by atoms with Gasteiger partial charge in [-0.2, -0.15) is 9.97 Å². The van der Waals surface area contributed by atoms with Crippen LogP contribution in [0.25, 0.3) is 11.2 Å². The van der Waals surface area contributed by atoms with Gasteiger partial charge in [0.2, 0.25) is 11.7 Å². The van der Waals surface area contributed by atoms with Crippen molar-refractivity contribution in [1.82, 2.24) is 19.5 Å². The summed E-state index contributed by atoms with van der Waals surface area (Å²) in [5, 5.41) is 0.590. The summed E-state index contributed by atoms with van der Waals surface area (Å²) in [5.41, 5.74) is 7.36. The Hall–Kier alpha value is -2.45. The Morgan fingerprint density at radius 3 is 2.44 bits per heavy atom. The molecule has 8 nitrogen and oxygen atoms in total. The molecule has 0 spiro atoms. The van der Waals surface area contributed by atoms with E-state index in [9.17, 15) is 0 Å². The first-order valence-corrected chi connectivity index (χ1v) is 7.86. The first kappa shape index (κ1) is 17.4. The number of nitrogens with zero attached hydrogens (tertiary/aromatic N) is 4. The molecule has 1 aromatic carbocycles. The number of nitrogens with two attached hydrogens (primary N) is 1. The maximum absolute atomic E-state index is 6.47. The van der Waals surface area contributed by atoms with Crippen molar-refractivity contribution in [1.29, 1.82) is 0 Å². The summed E-state index contributed by atoms with van der Waals surface area (Å²) in [6, 6.07) is 1.77. The molecule has 0 bridgehead atoms. The normalized spacial score (nSPS) is 10.9. The van der Waals surface area contributed by atoms with Crippen molar-refractivity contribution in [3.63, 3.8) is 0 Å². The highest BCUT2D eigenvalue weighted by Gasteiger charge is 2.20. The molecule has 0 saturated heterocycles. The number of benzene rings is 1. The summed E-state index contributed by atoms with van der Waals surface area (Å²) in [6.07, 6.45) is 1.59. The van der Waals surface area contributed by atoms with E-state index in [1.807, 2.05) is 0 Å². The van der Waals surface area contributed by atoms with E-state index >= 15 is 0 Å². The van der Waals surface area contributed by atoms with Crippen molar-refractivity contribution in [2.75, 3.05) is 27.1 Å². The van der Waals surface area contributed by atoms with E-state index in [2.05, 4.69) is 15.0 Å². The van der Waals surface area contributed by atoms with Gasteiger partial charge in [0.25, 0.3) is 0 Å². The minimum Gasteiger partial charge on any atom is -0.493 e. The lowest BCUT2D eigenvalue weighted by molar-refractivity contribution is 0.324. The first-order valence-electron chi connectivity index (χ1n) is 7.11. The second-order valence-electron chi connectivity index (χ2n) is 5.04. The van der Waals surface area contributed by atoms with Crippen LogP contribution >= 0.6 is 23.2 Å². The highest BCUT2D eigenvalue weighted by molar-refractivity contribution is 6.34. The monoisotopic (exact) mass is 383 g/mol. The van der Waals surface area contributed by atoms with Crippen LogP contribution in [0, 0.1) is 0 Å². The van der Waals surface area contributed by atoms with Crippen LogP contribution in [0.15, 0.2) is 12.4 Å². The number of ether oxygens (including phenoxy) is 3. The topological polar surface area (TPSA) is 97.3 Å². The number of methoxy groups -OCH3 is 3. The molecule has 25 heavy (non-hydrogen) atoms. The Labute approximate surface area is 153 Å². The van der Waals surface area contributed by atoms with Crippen molar-refractivity contribution in [3.05, 3.63) is 28.1 Å². The SMILES string of the molecule is COc1cc(Cn2cnc3c(Cl)nc(N)nc32)c(Cl)c(OC)c1OC. The number of imidazole rings is 1. The molecule has 2 N–H and O–H groups in total. The number of halogens is 2. The predicted molar refractivity (Wildman–Crippen MR) is 95.0 cm³/mol. The van der Waals surface area contributed by atoms with Gasteiger partial charge < -0.3 is 24.5 Å². The van der Waals surface area contributed by atoms with E-state index in [0.29, 0.717) is 40.0 Å². The molecular weight excluding hydrogens is 369 g/mol. The summed E-state index contributed by atoms with van der Waals surface area (Å²) < 4.78 is 17.8. The average molecular weight is 384 g/mol. The van der Waals surface area contributed by atoms with Gasteiger partial charge in [0, 0.05) is 0 Å². The molecule has 0 unspecified atom stereocenters. The largest absolute Gasteiger partial charge is 0.493 e. The molecule has 0 amide bonds. The van der Waals surface area contributed by atoms with Crippen LogP contribution < -0.4 is 19.9 Å². The molecule has 0 aliphatic rings. The highest BCUT2D eigenvalue weighted by atomic mass is 35.5. The lowest BCUT2D eigenvalue weighted by atomic mass is 10.1. The van der Waals surface area contributed by atoms with Crippen molar-refractivity contribution in [2.24, 2.45) is 0 Å². The van der Waals surface area contributed by atoms with Gasteiger partial charge in [-0.15, -0.1) is 0 Å². The summed E-state index contributed by atoms with van der Waals surface area (Å²) in [4.78, 5) is 12.3. The number of hydrogen-bond donors (Lipinski definition) is 1. The van der Waals surface area contributed by atoms with Crippen LogP contribution in [0.2, 0.25) is 10.2 Å². The molecule has 10 heteroatoms. The highest BCUT2D eigenvalue weighted by Crippen LogP contribution is 2.44. The van der Waals surface area contributed by atoms with Crippen molar-refractivity contribution < 1.29 is 14.2 Å². The summed E-state index contributed by atoms with van der Waals surface area (Å²) in [7, 11) is 4.56. The van der Waals surface area contributed by atoms with Crippen LogP contribution in [-0.4, -0.2) is 40.8 Å². The van der Waals surface area contributed by atoms with Gasteiger partial charge in [0.1, 0.15) is 5.52 Å². The van der Waals surface area contributed by atoms with Crippen LogP contribution in [0.4, 0.5) is 5.95 Å². The zero-order valence-corrected chi connectivity index (χ0v) is 15.2. The van der Waals surface area contributed by atoms with Gasteiger partial charge in [0.15, 0.2) is 22.3 Å². The zero-order valence-electron chi connectivity index (χ0n) is 13.7. The number of fused-ring (bicyclic) bond motifs is 1. The van der Waals surface area contributed by atoms with E-state index in [1.54, 1.807) is 17.0 Å². The third kappa shape index (κ3) is 2.98. The third-order valence-corrected chi connectivity index (χ3v) is 4.30. The second kappa shape index (κ2) is 6.81. The minimum atomic E-state index is 0.0650. The third-order valence-electron chi connectivity index (χ3n) is 3.62. The van der Waals surface area contributed by atoms with E-state index in [1.165, 1.54) is 21.3 Å². The lowest BCUT2D eigenvalue weighted by Crippen LogP contribution is -2.05. The maximum atomic E-state index is 6.47. The van der Waals surface area contributed by atoms with E-state index in [-0.39, 0.29) is 11.1 Å². The molecule has 2 heterocycles. The van der Waals surface area contributed by atoms with Crippen LogP contribution in [-0.2, 0) is 6.54 Å². The van der Waals surface area contributed by atoms with E-state index in [0.717, 1.165) is 5.56 Å². The molecule has 2 aromatic heterocycles. The Bertz CT molecular complexity index is 945. The summed E-state index contributed by atoms with van der Waals surface area (Å²) in [6.45, 7) is 0.346. The summed E-state index contributed by atoms with van der Waals surface area (Å²) in [5.74, 6) is 1.37. The number of nitrogen functional groups attached to an aromatic ring is 1. The molecule has 0 aliphatic heterocycles. The first-order chi connectivity index (χ1) is 12.0. The minimum absolute atomic E-state index is 0.0650. The molecule has 3 rings (SSSR count). The molecule has 0 fully saturated rings. The van der Waals surface area contributed by atoms with E-state index < -0.39 is 0 Å². The number of anilines is 1. The maximum Gasteiger partial charge on any atom is 0.223 e. The van der Waals surface area contributed by atoms with Gasteiger partial charge >= 0.3 is 0 Å². The molecule has 3 aromatic rings. The number of aromatic nitrogens is 4. The Kier molecular flexibility index (Phi) is 4.73. The molecule has 132 valence electrons. The predicted octanol–water partition coefficient (Wildman–Crippen LogP) is 2.79. The van der Waals surface area contributed by atoms with Gasteiger partial charge in [-0.25, -0.2) is 4.98 Å². The zero-order chi connectivity index (χ0) is 18.1. The van der Waals surface area contributed by atoms with E-state index in [4.69, 9.17) is 43.1 Å². The Morgan fingerprint density at radius 1 is 1.08 bits per heavy atom. The molecular formula is C15H15Cl2N5O3. The Morgan fingerprint density at radius 2 is 1.80 bits per heavy atom. The fourth-order valence-corrected chi connectivity index (χ4v) is 3.01. The molecule has 0 saturated carbocycles. The average Bonchev–Trinajstić information content (AvgIpc) is 2.99. The van der Waals surface area contributed by atoms with Crippen LogP contribution in [0.1, 0.15) is 5.56 Å². The van der Waals surface area contributed by atoms with Gasteiger partial charge in [0.05, 0.1) is 39.2 Å². The standard InChI is InChI=1S/C15H15Cl2N5O3/c1-23-8-4-7(9(16)12(25-3)11(8)24-2)5-22-6-19-10-13(17)20-15(18)21-14(10)22/h4,6H,5H2,1-3H3,(H2,18,20,21). The van der Waals surface area contributed by atoms with Crippen molar-refractivity contribution >= 4 is 40.3 Å². The van der Waals surface area contributed by atoms with Gasteiger partial charge in [-0.1, -0.05) is 23.2 Å². The number of rotatable bonds is 5. The molecule has 0 aliphatic carbocycles. The van der Waals surface area contributed by atoms with Crippen molar-refractivity contribution in [2.45, 2.75) is 6.54 Å². The molecule has 0 radical (unpaired) electrons. The van der Waals surface area contributed by atoms with Gasteiger partial charge in [-0.05, 0) is 11.6 Å². The summed E-state index contributed by atoms with van der Waals surface area (Å²) >= 11 is 12.5. The fourth-order valence-electron chi connectivity index (χ4n) is 2.51. The number of hydrogen-bond acceptors (Lipinski definition) is 7.